The predicted molar refractivity (Wildman–Crippen MR) is 74.0 cm³/mol. The number of ether oxygens (including phenoxy) is 1. The molecule has 0 aromatic heterocycles. The number of esters is 1. The monoisotopic (exact) mass is 331 g/mol. The van der Waals surface area contributed by atoms with Gasteiger partial charge in [-0.25, -0.2) is 22.4 Å². The maximum Gasteiger partial charge on any atom is 0.343 e. The second-order valence-corrected chi connectivity index (χ2v) is 4.84. The van der Waals surface area contributed by atoms with Crippen molar-refractivity contribution in [3.8, 4) is 0 Å². The van der Waals surface area contributed by atoms with Crippen molar-refractivity contribution in [1.29, 1.82) is 0 Å². The molecule has 1 aliphatic rings. The van der Waals surface area contributed by atoms with E-state index in [2.05, 4.69) is 4.99 Å². The lowest BCUT2D eigenvalue weighted by atomic mass is 10.1. The van der Waals surface area contributed by atoms with E-state index >= 15 is 0 Å². The van der Waals surface area contributed by atoms with E-state index in [1.807, 2.05) is 0 Å². The molecule has 4 nitrogen and oxygen atoms in total. The van der Waals surface area contributed by atoms with Crippen LogP contribution in [0.2, 0.25) is 0 Å². The topological polar surface area (TPSA) is 58.9 Å². The summed E-state index contributed by atoms with van der Waals surface area (Å²) in [5.74, 6) is -9.74. The molecule has 0 atom stereocenters. The fraction of sp³-hybridized carbons (Fsp3) is 0.333. The van der Waals surface area contributed by atoms with Crippen molar-refractivity contribution in [3.63, 3.8) is 0 Å². The molecule has 8 heteroatoms. The minimum Gasteiger partial charge on any atom is -0.506 e. The molecule has 1 aromatic rings. The van der Waals surface area contributed by atoms with Crippen molar-refractivity contribution in [3.05, 3.63) is 40.5 Å². The minimum atomic E-state index is -2.09. The molecule has 0 bridgehead atoms. The Balaban J connectivity index is 2.54. The van der Waals surface area contributed by atoms with Gasteiger partial charge in [0.15, 0.2) is 23.3 Å². The van der Waals surface area contributed by atoms with Crippen molar-refractivity contribution in [1.82, 2.24) is 0 Å². The highest BCUT2D eigenvalue weighted by atomic mass is 19.2. The van der Waals surface area contributed by atoms with Crippen LogP contribution in [0.3, 0.4) is 0 Å². The number of carbonyl (C=O) groups is 1. The highest BCUT2D eigenvalue weighted by Crippen LogP contribution is 2.27. The number of carbonyl (C=O) groups excluding carboxylic acids is 1. The van der Waals surface area contributed by atoms with Crippen LogP contribution >= 0.6 is 0 Å². The Bertz CT molecular complexity index is 696. The minimum absolute atomic E-state index is 0.0289. The Labute approximate surface area is 129 Å². The summed E-state index contributed by atoms with van der Waals surface area (Å²) in [6.07, 6.45) is 2.55. The Morgan fingerprint density at radius 3 is 2.52 bits per heavy atom. The van der Waals surface area contributed by atoms with E-state index < -0.39 is 46.1 Å². The first-order valence-electron chi connectivity index (χ1n) is 6.83. The third-order valence-corrected chi connectivity index (χ3v) is 3.07. The van der Waals surface area contributed by atoms with Crippen LogP contribution in [0.25, 0.3) is 5.76 Å². The molecule has 2 rings (SSSR count). The van der Waals surface area contributed by atoms with Gasteiger partial charge >= 0.3 is 5.97 Å². The second kappa shape index (κ2) is 6.80. The number of rotatable bonds is 5. The normalized spacial score (nSPS) is 15.7. The highest BCUT2D eigenvalue weighted by Gasteiger charge is 2.26. The molecular weight excluding hydrogens is 318 g/mol. The van der Waals surface area contributed by atoms with Crippen molar-refractivity contribution in [2.75, 3.05) is 6.61 Å². The lowest BCUT2D eigenvalue weighted by Gasteiger charge is -2.09. The third-order valence-electron chi connectivity index (χ3n) is 3.07. The number of halogens is 4. The van der Waals surface area contributed by atoms with E-state index in [1.165, 1.54) is 6.92 Å². The first-order valence-corrected chi connectivity index (χ1v) is 6.83. The number of benzene rings is 1. The molecule has 23 heavy (non-hydrogen) atoms. The van der Waals surface area contributed by atoms with E-state index in [9.17, 15) is 27.5 Å². The van der Waals surface area contributed by atoms with Gasteiger partial charge in [0.1, 0.15) is 11.3 Å². The van der Waals surface area contributed by atoms with Crippen LogP contribution in [0.5, 0.6) is 0 Å². The van der Waals surface area contributed by atoms with E-state index in [0.717, 1.165) is 19.1 Å². The molecule has 0 heterocycles. The molecule has 0 spiro atoms. The first-order chi connectivity index (χ1) is 10.9. The lowest BCUT2D eigenvalue weighted by molar-refractivity contribution is -0.137. The number of aliphatic hydroxyl groups excluding tert-OH is 1. The van der Waals surface area contributed by atoms with Crippen LogP contribution in [0.1, 0.15) is 25.3 Å². The van der Waals surface area contributed by atoms with Crippen molar-refractivity contribution in [2.45, 2.75) is 25.8 Å². The van der Waals surface area contributed by atoms with Gasteiger partial charge in [0, 0.05) is 6.21 Å². The van der Waals surface area contributed by atoms with Gasteiger partial charge in [-0.15, -0.1) is 0 Å². The number of hydrogen-bond donors (Lipinski definition) is 1. The Morgan fingerprint density at radius 2 is 1.96 bits per heavy atom. The van der Waals surface area contributed by atoms with Crippen LogP contribution in [0.15, 0.2) is 16.6 Å². The summed E-state index contributed by atoms with van der Waals surface area (Å²) in [5, 5.41) is 10.0. The van der Waals surface area contributed by atoms with Crippen LogP contribution in [0.4, 0.5) is 17.6 Å². The highest BCUT2D eigenvalue weighted by molar-refractivity contribution is 6.15. The number of aliphatic imine (C=N–C) groups is 1. The molecule has 0 radical (unpaired) electrons. The zero-order valence-corrected chi connectivity index (χ0v) is 12.1. The second-order valence-electron chi connectivity index (χ2n) is 4.84. The number of aliphatic hydroxyl groups is 1. The average Bonchev–Trinajstić information content (AvgIpc) is 3.33. The molecule has 0 aliphatic heterocycles. The van der Waals surface area contributed by atoms with Crippen molar-refractivity contribution < 1.29 is 32.2 Å². The van der Waals surface area contributed by atoms with Crippen LogP contribution in [-0.4, -0.2) is 29.9 Å². The third kappa shape index (κ3) is 3.69. The van der Waals surface area contributed by atoms with Crippen molar-refractivity contribution >= 4 is 17.9 Å². The van der Waals surface area contributed by atoms with Gasteiger partial charge in [-0.3, -0.25) is 4.99 Å². The van der Waals surface area contributed by atoms with Gasteiger partial charge in [0.25, 0.3) is 0 Å². The summed E-state index contributed by atoms with van der Waals surface area (Å²) in [6, 6.07) is 0.228. The van der Waals surface area contributed by atoms with Crippen molar-refractivity contribution in [2.24, 2.45) is 4.99 Å². The zero-order chi connectivity index (χ0) is 17.1. The molecule has 1 fully saturated rings. The maximum atomic E-state index is 13.7. The van der Waals surface area contributed by atoms with Gasteiger partial charge in [-0.1, -0.05) is 0 Å². The molecular formula is C15H13F4NO3. The summed E-state index contributed by atoms with van der Waals surface area (Å²) < 4.78 is 57.9. The van der Waals surface area contributed by atoms with Crippen LogP contribution < -0.4 is 0 Å². The Kier molecular flexibility index (Phi) is 5.02. The summed E-state index contributed by atoms with van der Waals surface area (Å²) >= 11 is 0. The summed E-state index contributed by atoms with van der Waals surface area (Å²) in [5.41, 5.74) is -1.56. The smallest absolute Gasteiger partial charge is 0.343 e. The average molecular weight is 331 g/mol. The largest absolute Gasteiger partial charge is 0.506 e. The van der Waals surface area contributed by atoms with Gasteiger partial charge in [0.05, 0.1) is 18.2 Å². The van der Waals surface area contributed by atoms with E-state index in [4.69, 9.17) is 4.74 Å². The molecule has 1 aliphatic carbocycles. The number of nitrogens with zero attached hydrogens (tertiary/aromatic N) is 1. The standard InChI is InChI=1S/C15H13F4NO3/c1-2-23-15(22)9(6-20-7-3-4-7)14(21)8-5-10(16)12(18)13(19)11(8)17/h5-7,21H,2-4H2,1H3/b14-9-,20-6?. The zero-order valence-electron chi connectivity index (χ0n) is 12.1. The first kappa shape index (κ1) is 17.0. The van der Waals surface area contributed by atoms with Crippen LogP contribution in [-0.2, 0) is 9.53 Å². The van der Waals surface area contributed by atoms with Gasteiger partial charge in [-0.2, -0.15) is 0 Å². The quantitative estimate of drug-likeness (QED) is 0.171. The molecule has 124 valence electrons. The molecule has 1 N–H and O–H groups in total. The van der Waals surface area contributed by atoms with E-state index in [0.29, 0.717) is 0 Å². The maximum absolute atomic E-state index is 13.7. The van der Waals surface area contributed by atoms with Gasteiger partial charge in [-0.05, 0) is 25.8 Å². The number of hydrogen-bond acceptors (Lipinski definition) is 4. The van der Waals surface area contributed by atoms with Gasteiger partial charge < -0.3 is 9.84 Å². The van der Waals surface area contributed by atoms with Crippen LogP contribution in [0, 0.1) is 23.3 Å². The Hall–Kier alpha value is -2.38. The summed E-state index contributed by atoms with van der Waals surface area (Å²) in [4.78, 5) is 15.8. The SMILES string of the molecule is CCOC(=O)/C(C=NC1CC1)=C(\O)c1cc(F)c(F)c(F)c1F. The van der Waals surface area contributed by atoms with Gasteiger partial charge in [0.2, 0.25) is 0 Å². The van der Waals surface area contributed by atoms with E-state index in [1.54, 1.807) is 0 Å². The summed E-state index contributed by atoms with van der Waals surface area (Å²) in [7, 11) is 0. The molecule has 0 saturated heterocycles. The predicted octanol–water partition coefficient (Wildman–Crippen LogP) is 3.31. The lowest BCUT2D eigenvalue weighted by Crippen LogP contribution is -2.13. The molecule has 1 aromatic carbocycles. The molecule has 0 unspecified atom stereocenters. The molecule has 0 amide bonds. The Morgan fingerprint density at radius 1 is 1.30 bits per heavy atom. The van der Waals surface area contributed by atoms with E-state index in [-0.39, 0.29) is 18.7 Å². The molecule has 1 saturated carbocycles. The summed E-state index contributed by atoms with van der Waals surface area (Å²) in [6.45, 7) is 1.46. The fourth-order valence-corrected chi connectivity index (χ4v) is 1.71. The fourth-order valence-electron chi connectivity index (χ4n) is 1.71.